The molecule has 1 N–H and O–H groups in total. The number of anilines is 1. The molecule has 1 aliphatic rings. The number of alkyl halides is 3. The third kappa shape index (κ3) is 3.50. The molecule has 2 aromatic rings. The first-order valence-electron chi connectivity index (χ1n) is 7.53. The van der Waals surface area contributed by atoms with Crippen LogP contribution >= 0.6 is 0 Å². The summed E-state index contributed by atoms with van der Waals surface area (Å²) in [4.78, 5) is 17.7. The van der Waals surface area contributed by atoms with Gasteiger partial charge in [0, 0.05) is 31.7 Å². The van der Waals surface area contributed by atoms with E-state index >= 15 is 0 Å². The van der Waals surface area contributed by atoms with Crippen LogP contribution in [-0.2, 0) is 0 Å². The Kier molecular flexibility index (Phi) is 4.41. The van der Waals surface area contributed by atoms with Crippen LogP contribution in [0.15, 0.2) is 36.8 Å². The van der Waals surface area contributed by atoms with E-state index in [2.05, 4.69) is 15.4 Å². The second-order valence-corrected chi connectivity index (χ2v) is 5.58. The van der Waals surface area contributed by atoms with Crippen LogP contribution in [0, 0.1) is 5.92 Å². The van der Waals surface area contributed by atoms with Crippen molar-refractivity contribution in [3.05, 3.63) is 36.8 Å². The number of hydrogen-bond acceptors (Lipinski definition) is 3. The monoisotopic (exact) mass is 339 g/mol. The molecule has 0 saturated carbocycles. The van der Waals surface area contributed by atoms with Crippen LogP contribution < -0.4 is 5.32 Å². The van der Waals surface area contributed by atoms with E-state index in [0.29, 0.717) is 24.5 Å². The molecule has 0 aromatic carbocycles. The number of carbonyl (C=O) groups excluding carboxylic acids is 1. The zero-order chi connectivity index (χ0) is 17.2. The summed E-state index contributed by atoms with van der Waals surface area (Å²) in [7, 11) is 0. The van der Waals surface area contributed by atoms with Gasteiger partial charge in [0.25, 0.3) is 0 Å². The summed E-state index contributed by atoms with van der Waals surface area (Å²) in [6, 6.07) is 4.41. The fraction of sp³-hybridized carbons (Fsp3) is 0.400. The number of aromatic nitrogens is 3. The number of urea groups is 1. The van der Waals surface area contributed by atoms with Gasteiger partial charge in [-0.3, -0.25) is 0 Å². The number of likely N-dealkylation sites (tertiary alicyclic amines) is 1. The molecule has 1 saturated heterocycles. The zero-order valence-corrected chi connectivity index (χ0v) is 12.7. The van der Waals surface area contributed by atoms with Crippen molar-refractivity contribution in [2.75, 3.05) is 18.4 Å². The second kappa shape index (κ2) is 6.50. The van der Waals surface area contributed by atoms with E-state index in [1.165, 1.54) is 9.58 Å². The number of pyridine rings is 1. The van der Waals surface area contributed by atoms with Crippen molar-refractivity contribution in [1.82, 2.24) is 19.7 Å². The largest absolute Gasteiger partial charge is 0.393 e. The first-order chi connectivity index (χ1) is 11.4. The first kappa shape index (κ1) is 16.3. The second-order valence-electron chi connectivity index (χ2n) is 5.58. The van der Waals surface area contributed by atoms with Crippen LogP contribution in [0.1, 0.15) is 12.8 Å². The standard InChI is InChI=1S/C15H16F3N5O/c16-15(17,18)11-4-2-8-22(10-11)14(24)21-12-5-1-6-19-13(12)23-9-3-7-20-23/h1,3,5-7,9,11H,2,4,8,10H2,(H,21,24). The van der Waals surface area contributed by atoms with Gasteiger partial charge in [-0.15, -0.1) is 0 Å². The predicted octanol–water partition coefficient (Wildman–Crippen LogP) is 3.07. The van der Waals surface area contributed by atoms with E-state index in [1.807, 2.05) is 0 Å². The van der Waals surface area contributed by atoms with Crippen LogP contribution in [0.5, 0.6) is 0 Å². The number of nitrogens with one attached hydrogen (secondary N) is 1. The van der Waals surface area contributed by atoms with E-state index in [4.69, 9.17) is 0 Å². The van der Waals surface area contributed by atoms with Gasteiger partial charge in [0.05, 0.1) is 11.6 Å². The van der Waals surface area contributed by atoms with Crippen molar-refractivity contribution in [1.29, 1.82) is 0 Å². The summed E-state index contributed by atoms with van der Waals surface area (Å²) >= 11 is 0. The minimum Gasteiger partial charge on any atom is -0.324 e. The molecule has 3 rings (SSSR count). The number of nitrogens with zero attached hydrogens (tertiary/aromatic N) is 4. The Morgan fingerprint density at radius 3 is 2.83 bits per heavy atom. The summed E-state index contributed by atoms with van der Waals surface area (Å²) < 4.78 is 40.1. The molecule has 24 heavy (non-hydrogen) atoms. The number of carbonyl (C=O) groups is 1. The molecule has 9 heteroatoms. The van der Waals surface area contributed by atoms with Crippen molar-refractivity contribution in [3.8, 4) is 5.82 Å². The van der Waals surface area contributed by atoms with E-state index in [9.17, 15) is 18.0 Å². The van der Waals surface area contributed by atoms with E-state index in [1.54, 1.807) is 36.8 Å². The molecule has 0 bridgehead atoms. The van der Waals surface area contributed by atoms with E-state index < -0.39 is 18.1 Å². The van der Waals surface area contributed by atoms with Crippen molar-refractivity contribution in [3.63, 3.8) is 0 Å². The van der Waals surface area contributed by atoms with Gasteiger partial charge in [0.15, 0.2) is 5.82 Å². The Morgan fingerprint density at radius 2 is 2.12 bits per heavy atom. The zero-order valence-electron chi connectivity index (χ0n) is 12.7. The maximum atomic E-state index is 12.9. The summed E-state index contributed by atoms with van der Waals surface area (Å²) in [5, 5.41) is 6.69. The Balaban J connectivity index is 1.74. The molecule has 6 nitrogen and oxygen atoms in total. The van der Waals surface area contributed by atoms with Crippen molar-refractivity contribution in [2.24, 2.45) is 5.92 Å². The SMILES string of the molecule is O=C(Nc1cccnc1-n1cccn1)N1CCCC(C(F)(F)F)C1. The van der Waals surface area contributed by atoms with Crippen LogP contribution in [-0.4, -0.2) is 45.0 Å². The highest BCUT2D eigenvalue weighted by molar-refractivity contribution is 5.91. The fourth-order valence-electron chi connectivity index (χ4n) is 2.69. The lowest BCUT2D eigenvalue weighted by molar-refractivity contribution is -0.183. The summed E-state index contributed by atoms with van der Waals surface area (Å²) in [5.41, 5.74) is 0.389. The third-order valence-electron chi connectivity index (χ3n) is 3.92. The van der Waals surface area contributed by atoms with Crippen LogP contribution in [0.25, 0.3) is 5.82 Å². The maximum absolute atomic E-state index is 12.9. The molecule has 128 valence electrons. The Labute approximate surface area is 136 Å². The number of amides is 2. The van der Waals surface area contributed by atoms with Crippen molar-refractivity contribution < 1.29 is 18.0 Å². The summed E-state index contributed by atoms with van der Waals surface area (Å²) in [6.07, 6.45) is 0.882. The van der Waals surface area contributed by atoms with Crippen LogP contribution in [0.4, 0.5) is 23.7 Å². The molecule has 1 atom stereocenters. The Hall–Kier alpha value is -2.58. The highest BCUT2D eigenvalue weighted by Gasteiger charge is 2.42. The molecule has 0 spiro atoms. The van der Waals surface area contributed by atoms with Gasteiger partial charge >= 0.3 is 12.2 Å². The maximum Gasteiger partial charge on any atom is 0.393 e. The normalized spacial score (nSPS) is 18.5. The van der Waals surface area contributed by atoms with Crippen LogP contribution in [0.3, 0.4) is 0 Å². The van der Waals surface area contributed by atoms with E-state index in [-0.39, 0.29) is 13.0 Å². The highest BCUT2D eigenvalue weighted by atomic mass is 19.4. The molecule has 1 fully saturated rings. The number of hydrogen-bond donors (Lipinski definition) is 1. The fourth-order valence-corrected chi connectivity index (χ4v) is 2.69. The molecule has 2 amide bonds. The quantitative estimate of drug-likeness (QED) is 0.915. The molecule has 1 unspecified atom stereocenters. The topological polar surface area (TPSA) is 63.1 Å². The number of halogens is 3. The van der Waals surface area contributed by atoms with Crippen LogP contribution in [0.2, 0.25) is 0 Å². The number of piperidine rings is 1. The van der Waals surface area contributed by atoms with Gasteiger partial charge in [0.1, 0.15) is 0 Å². The molecule has 3 heterocycles. The van der Waals surface area contributed by atoms with Gasteiger partial charge in [-0.2, -0.15) is 18.3 Å². The van der Waals surface area contributed by atoms with Crippen molar-refractivity contribution >= 4 is 11.7 Å². The Bertz CT molecular complexity index is 701. The van der Waals surface area contributed by atoms with Crippen molar-refractivity contribution in [2.45, 2.75) is 19.0 Å². The lowest BCUT2D eigenvalue weighted by atomic mass is 9.98. The molecule has 1 aliphatic heterocycles. The molecular weight excluding hydrogens is 323 g/mol. The first-order valence-corrected chi connectivity index (χ1v) is 7.53. The third-order valence-corrected chi connectivity index (χ3v) is 3.92. The Morgan fingerprint density at radius 1 is 1.29 bits per heavy atom. The summed E-state index contributed by atoms with van der Waals surface area (Å²) in [6.45, 7) is -0.0253. The average molecular weight is 339 g/mol. The van der Waals surface area contributed by atoms with Gasteiger partial charge in [0.2, 0.25) is 0 Å². The number of rotatable bonds is 2. The van der Waals surface area contributed by atoms with Gasteiger partial charge in [-0.1, -0.05) is 0 Å². The molecular formula is C15H16F3N5O. The summed E-state index contributed by atoms with van der Waals surface area (Å²) in [5.74, 6) is -1.07. The smallest absolute Gasteiger partial charge is 0.324 e. The minimum atomic E-state index is -4.28. The highest BCUT2D eigenvalue weighted by Crippen LogP contribution is 2.33. The van der Waals surface area contributed by atoms with Gasteiger partial charge in [-0.05, 0) is 31.0 Å². The molecule has 0 aliphatic carbocycles. The van der Waals surface area contributed by atoms with E-state index in [0.717, 1.165) is 0 Å². The lowest BCUT2D eigenvalue weighted by Crippen LogP contribution is -2.46. The minimum absolute atomic E-state index is 0.0543. The molecule has 0 radical (unpaired) electrons. The predicted molar refractivity (Wildman–Crippen MR) is 80.7 cm³/mol. The van der Waals surface area contributed by atoms with Gasteiger partial charge in [-0.25, -0.2) is 14.5 Å². The average Bonchev–Trinajstić information content (AvgIpc) is 3.09. The lowest BCUT2D eigenvalue weighted by Gasteiger charge is -2.33. The molecule has 2 aromatic heterocycles. The van der Waals surface area contributed by atoms with Gasteiger partial charge < -0.3 is 10.2 Å².